The Bertz CT molecular complexity index is 794. The smallest absolute Gasteiger partial charge is 0.253 e. The molecule has 1 aliphatic rings. The molecule has 0 radical (unpaired) electrons. The molecule has 148 valence electrons. The van der Waals surface area contributed by atoms with Gasteiger partial charge >= 0.3 is 0 Å². The Morgan fingerprint density at radius 1 is 0.929 bits per heavy atom. The first-order valence-electron chi connectivity index (χ1n) is 9.44. The maximum Gasteiger partial charge on any atom is 0.253 e. The molecule has 6 nitrogen and oxygen atoms in total. The predicted molar refractivity (Wildman–Crippen MR) is 107 cm³/mol. The van der Waals surface area contributed by atoms with Gasteiger partial charge in [0, 0.05) is 24.7 Å². The second-order valence-electron chi connectivity index (χ2n) is 6.89. The molecular formula is C22H26N2O4. The van der Waals surface area contributed by atoms with Gasteiger partial charge in [0.05, 0.1) is 20.6 Å². The highest BCUT2D eigenvalue weighted by molar-refractivity contribution is 5.94. The Balaban J connectivity index is 1.46. The highest BCUT2D eigenvalue weighted by Gasteiger charge is 2.24. The Labute approximate surface area is 165 Å². The Kier molecular flexibility index (Phi) is 6.53. The number of methoxy groups -OCH3 is 2. The molecular weight excluding hydrogens is 356 g/mol. The highest BCUT2D eigenvalue weighted by atomic mass is 16.5. The van der Waals surface area contributed by atoms with E-state index in [1.54, 1.807) is 38.5 Å². The molecule has 3 rings (SSSR count). The largest absolute Gasteiger partial charge is 0.497 e. The fourth-order valence-corrected chi connectivity index (χ4v) is 3.35. The fraction of sp³-hybridized carbons (Fsp3) is 0.364. The third kappa shape index (κ3) is 5.03. The van der Waals surface area contributed by atoms with Crippen LogP contribution in [0.3, 0.4) is 0 Å². The normalized spacial score (nSPS) is 14.4. The van der Waals surface area contributed by atoms with Crippen LogP contribution in [0.4, 0.5) is 0 Å². The van der Waals surface area contributed by atoms with Gasteiger partial charge in [-0.05, 0) is 54.8 Å². The monoisotopic (exact) mass is 382 g/mol. The van der Waals surface area contributed by atoms with Crippen molar-refractivity contribution in [2.24, 2.45) is 0 Å². The number of ether oxygens (including phenoxy) is 2. The predicted octanol–water partition coefficient (Wildman–Crippen LogP) is 2.67. The summed E-state index contributed by atoms with van der Waals surface area (Å²) >= 11 is 0. The molecule has 28 heavy (non-hydrogen) atoms. The zero-order valence-electron chi connectivity index (χ0n) is 16.3. The minimum atomic E-state index is 0.00472. The summed E-state index contributed by atoms with van der Waals surface area (Å²) in [6.07, 6.45) is 1.86. The number of amides is 2. The van der Waals surface area contributed by atoms with Crippen molar-refractivity contribution in [2.45, 2.75) is 25.3 Å². The van der Waals surface area contributed by atoms with Crippen LogP contribution in [-0.2, 0) is 11.2 Å². The van der Waals surface area contributed by atoms with Gasteiger partial charge in [-0.1, -0.05) is 12.1 Å². The van der Waals surface area contributed by atoms with Gasteiger partial charge in [-0.2, -0.15) is 0 Å². The van der Waals surface area contributed by atoms with Gasteiger partial charge in [0.1, 0.15) is 11.5 Å². The van der Waals surface area contributed by atoms with Crippen LogP contribution in [0.25, 0.3) is 0 Å². The van der Waals surface area contributed by atoms with Gasteiger partial charge in [-0.3, -0.25) is 9.59 Å². The number of nitrogens with one attached hydrogen (secondary N) is 1. The number of carbonyl (C=O) groups excluding carboxylic acids is 2. The molecule has 1 aliphatic heterocycles. The second-order valence-corrected chi connectivity index (χ2v) is 6.89. The molecule has 2 aromatic carbocycles. The molecule has 0 spiro atoms. The van der Waals surface area contributed by atoms with Crippen molar-refractivity contribution in [1.29, 1.82) is 0 Å². The average molecular weight is 382 g/mol. The summed E-state index contributed by atoms with van der Waals surface area (Å²) in [5, 5.41) is 3.09. The van der Waals surface area contributed by atoms with Crippen LogP contribution in [0.5, 0.6) is 11.5 Å². The summed E-state index contributed by atoms with van der Waals surface area (Å²) in [7, 11) is 3.22. The molecule has 0 bridgehead atoms. The second kappa shape index (κ2) is 9.26. The van der Waals surface area contributed by atoms with Crippen molar-refractivity contribution in [3.05, 3.63) is 59.7 Å². The van der Waals surface area contributed by atoms with E-state index in [1.807, 2.05) is 29.2 Å². The summed E-state index contributed by atoms with van der Waals surface area (Å²) in [5.74, 6) is 1.53. The first-order valence-corrected chi connectivity index (χ1v) is 9.44. The fourth-order valence-electron chi connectivity index (χ4n) is 3.35. The number of hydrogen-bond donors (Lipinski definition) is 1. The Hall–Kier alpha value is -3.02. The lowest BCUT2D eigenvalue weighted by Gasteiger charge is -2.32. The lowest BCUT2D eigenvalue weighted by Crippen LogP contribution is -2.46. The summed E-state index contributed by atoms with van der Waals surface area (Å²) in [4.78, 5) is 26.7. The number of piperidine rings is 1. The minimum Gasteiger partial charge on any atom is -0.497 e. The molecule has 0 unspecified atom stereocenters. The van der Waals surface area contributed by atoms with Crippen molar-refractivity contribution >= 4 is 11.8 Å². The van der Waals surface area contributed by atoms with E-state index in [2.05, 4.69) is 5.32 Å². The molecule has 0 aliphatic carbocycles. The van der Waals surface area contributed by atoms with E-state index in [0.717, 1.165) is 29.9 Å². The van der Waals surface area contributed by atoms with Crippen molar-refractivity contribution in [3.8, 4) is 11.5 Å². The first kappa shape index (κ1) is 19.7. The Morgan fingerprint density at radius 2 is 1.46 bits per heavy atom. The molecule has 1 N–H and O–H groups in total. The van der Waals surface area contributed by atoms with Crippen LogP contribution >= 0.6 is 0 Å². The number of likely N-dealkylation sites (tertiary alicyclic amines) is 1. The standard InChI is InChI=1S/C22H26N2O4/c1-27-19-7-3-16(4-8-19)15-21(25)23-18-11-13-24(14-12-18)22(26)17-5-9-20(28-2)10-6-17/h3-10,18H,11-15H2,1-2H3,(H,23,25). The number of hydrogen-bond acceptors (Lipinski definition) is 4. The van der Waals surface area contributed by atoms with Crippen molar-refractivity contribution in [3.63, 3.8) is 0 Å². The first-order chi connectivity index (χ1) is 13.6. The molecule has 2 aromatic rings. The van der Waals surface area contributed by atoms with E-state index in [9.17, 15) is 9.59 Å². The van der Waals surface area contributed by atoms with E-state index >= 15 is 0 Å². The Morgan fingerprint density at radius 3 is 2.00 bits per heavy atom. The van der Waals surface area contributed by atoms with Gasteiger partial charge in [0.2, 0.25) is 5.91 Å². The van der Waals surface area contributed by atoms with Crippen LogP contribution in [0.1, 0.15) is 28.8 Å². The van der Waals surface area contributed by atoms with Gasteiger partial charge in [0.25, 0.3) is 5.91 Å². The maximum absolute atomic E-state index is 12.6. The van der Waals surface area contributed by atoms with Gasteiger partial charge in [0.15, 0.2) is 0 Å². The van der Waals surface area contributed by atoms with Crippen LogP contribution < -0.4 is 14.8 Å². The number of rotatable bonds is 6. The molecule has 0 aromatic heterocycles. The van der Waals surface area contributed by atoms with E-state index in [1.165, 1.54) is 0 Å². The summed E-state index contributed by atoms with van der Waals surface area (Å²) in [5.41, 5.74) is 1.60. The molecule has 0 saturated carbocycles. The number of carbonyl (C=O) groups is 2. The third-order valence-electron chi connectivity index (χ3n) is 5.01. The minimum absolute atomic E-state index is 0.00472. The quantitative estimate of drug-likeness (QED) is 0.834. The van der Waals surface area contributed by atoms with Crippen molar-refractivity contribution in [1.82, 2.24) is 10.2 Å². The number of benzene rings is 2. The average Bonchev–Trinajstić information content (AvgIpc) is 2.74. The third-order valence-corrected chi connectivity index (χ3v) is 5.01. The van der Waals surface area contributed by atoms with E-state index < -0.39 is 0 Å². The van der Waals surface area contributed by atoms with Crippen LogP contribution in [0.15, 0.2) is 48.5 Å². The zero-order chi connectivity index (χ0) is 19.9. The van der Waals surface area contributed by atoms with Gasteiger partial charge in [-0.15, -0.1) is 0 Å². The van der Waals surface area contributed by atoms with Gasteiger partial charge in [-0.25, -0.2) is 0 Å². The van der Waals surface area contributed by atoms with Crippen molar-refractivity contribution < 1.29 is 19.1 Å². The van der Waals surface area contributed by atoms with Crippen LogP contribution in [0, 0.1) is 0 Å². The molecule has 1 fully saturated rings. The number of nitrogens with zero attached hydrogens (tertiary/aromatic N) is 1. The summed E-state index contributed by atoms with van der Waals surface area (Å²) in [6, 6.07) is 14.7. The molecule has 2 amide bonds. The maximum atomic E-state index is 12.6. The van der Waals surface area contributed by atoms with E-state index in [-0.39, 0.29) is 17.9 Å². The van der Waals surface area contributed by atoms with Crippen LogP contribution in [0.2, 0.25) is 0 Å². The zero-order valence-corrected chi connectivity index (χ0v) is 16.3. The van der Waals surface area contributed by atoms with Crippen molar-refractivity contribution in [2.75, 3.05) is 27.3 Å². The molecule has 0 atom stereocenters. The molecule has 1 heterocycles. The molecule has 6 heteroatoms. The van der Waals surface area contributed by atoms with Gasteiger partial charge < -0.3 is 19.7 Å². The van der Waals surface area contributed by atoms with Crippen LogP contribution in [-0.4, -0.2) is 50.1 Å². The summed E-state index contributed by atoms with van der Waals surface area (Å²) in [6.45, 7) is 1.27. The highest BCUT2D eigenvalue weighted by Crippen LogP contribution is 2.17. The summed E-state index contributed by atoms with van der Waals surface area (Å²) < 4.78 is 10.3. The lowest BCUT2D eigenvalue weighted by atomic mass is 10.0. The topological polar surface area (TPSA) is 67.9 Å². The SMILES string of the molecule is COc1ccc(CC(=O)NC2CCN(C(=O)c3ccc(OC)cc3)CC2)cc1. The van der Waals surface area contributed by atoms with E-state index in [0.29, 0.717) is 25.1 Å². The molecule has 1 saturated heterocycles. The van der Waals surface area contributed by atoms with E-state index in [4.69, 9.17) is 9.47 Å². The lowest BCUT2D eigenvalue weighted by molar-refractivity contribution is -0.121.